The molecule has 1 N–H and O–H groups in total. The molecule has 1 saturated carbocycles. The first-order valence-corrected chi connectivity index (χ1v) is 14.3. The number of carbonyl (C=O) groups is 1. The van der Waals surface area contributed by atoms with Gasteiger partial charge in [0.05, 0.1) is 16.5 Å². The number of carbonyl (C=O) groups excluding carboxylic acids is 1. The van der Waals surface area contributed by atoms with Crippen molar-refractivity contribution in [2.75, 3.05) is 13.1 Å². The summed E-state index contributed by atoms with van der Waals surface area (Å²) in [5.74, 6) is -0.337. The van der Waals surface area contributed by atoms with Gasteiger partial charge in [0.25, 0.3) is 0 Å². The molecule has 2 aliphatic rings. The second kappa shape index (κ2) is 11.4. The van der Waals surface area contributed by atoms with Crippen LogP contribution in [0.4, 0.5) is 30.7 Å². The third kappa shape index (κ3) is 6.45. The summed E-state index contributed by atoms with van der Waals surface area (Å²) in [5, 5.41) is 4.52. The Morgan fingerprint density at radius 3 is 2.12 bits per heavy atom. The summed E-state index contributed by atoms with van der Waals surface area (Å²) >= 11 is 1.42. The molecule has 0 bridgehead atoms. The van der Waals surface area contributed by atoms with Crippen molar-refractivity contribution in [3.05, 3.63) is 92.9 Å². The van der Waals surface area contributed by atoms with Crippen LogP contribution < -0.4 is 5.32 Å². The van der Waals surface area contributed by atoms with Gasteiger partial charge in [0, 0.05) is 17.5 Å². The number of hydrogen-bond donors (Lipinski definition) is 1. The highest BCUT2D eigenvalue weighted by molar-refractivity contribution is 7.10. The van der Waals surface area contributed by atoms with Crippen molar-refractivity contribution >= 4 is 17.2 Å². The van der Waals surface area contributed by atoms with E-state index in [1.54, 1.807) is 0 Å². The Hall–Kier alpha value is -2.92. The lowest BCUT2D eigenvalue weighted by atomic mass is 9.82. The molecule has 0 radical (unpaired) electrons. The van der Waals surface area contributed by atoms with Gasteiger partial charge in [-0.25, -0.2) is 4.39 Å². The molecule has 1 aromatic heterocycles. The van der Waals surface area contributed by atoms with Gasteiger partial charge in [0.15, 0.2) is 0 Å². The van der Waals surface area contributed by atoms with E-state index < -0.39 is 41.3 Å². The average molecular weight is 599 g/mol. The third-order valence-corrected chi connectivity index (χ3v) is 9.48. The number of likely N-dealkylation sites (tertiary alicyclic amines) is 1. The average Bonchev–Trinajstić information content (AvgIpc) is 3.63. The van der Waals surface area contributed by atoms with Gasteiger partial charge in [-0.05, 0) is 104 Å². The summed E-state index contributed by atoms with van der Waals surface area (Å²) in [5.41, 5.74) is -2.89. The molecular formula is C30H29F7N2OS. The van der Waals surface area contributed by atoms with E-state index >= 15 is 0 Å². The first-order chi connectivity index (χ1) is 19.3. The van der Waals surface area contributed by atoms with Crippen LogP contribution >= 0.6 is 11.3 Å². The number of nitrogens with one attached hydrogen (secondary N) is 1. The molecule has 0 spiro atoms. The van der Waals surface area contributed by atoms with E-state index in [1.807, 2.05) is 29.6 Å². The molecule has 2 fully saturated rings. The minimum Gasteiger partial charge on any atom is -0.351 e. The van der Waals surface area contributed by atoms with E-state index in [0.717, 1.165) is 42.8 Å². The summed E-state index contributed by atoms with van der Waals surface area (Å²) < 4.78 is 93.2. The van der Waals surface area contributed by atoms with Crippen LogP contribution in [0, 0.1) is 5.82 Å². The molecule has 1 saturated heterocycles. The minimum absolute atomic E-state index is 0.0826. The lowest BCUT2D eigenvalue weighted by Gasteiger charge is -2.37. The van der Waals surface area contributed by atoms with Crippen LogP contribution in [0.2, 0.25) is 0 Å². The number of halogens is 7. The van der Waals surface area contributed by atoms with Crippen molar-refractivity contribution < 1.29 is 35.5 Å². The number of alkyl halides is 6. The number of piperidine rings is 1. The van der Waals surface area contributed by atoms with Gasteiger partial charge in [0.1, 0.15) is 5.82 Å². The van der Waals surface area contributed by atoms with E-state index in [2.05, 4.69) is 10.2 Å². The molecule has 41 heavy (non-hydrogen) atoms. The molecule has 5 rings (SSSR count). The maximum atomic E-state index is 13.7. The zero-order valence-corrected chi connectivity index (χ0v) is 22.8. The quantitative estimate of drug-likeness (QED) is 0.293. The van der Waals surface area contributed by atoms with E-state index in [0.29, 0.717) is 30.9 Å². The lowest BCUT2D eigenvalue weighted by Crippen LogP contribution is -2.45. The van der Waals surface area contributed by atoms with Crippen molar-refractivity contribution in [2.24, 2.45) is 0 Å². The number of hydrogen-bond acceptors (Lipinski definition) is 3. The van der Waals surface area contributed by atoms with Gasteiger partial charge in [-0.15, -0.1) is 11.3 Å². The molecule has 11 heteroatoms. The SMILES string of the molecule is O=C(NCc1cc(C(F)(F)F)cc(C(F)(F)F)c1)C1(c2cccs2)CCC(N2CCC(c3ccc(F)cc3)CC2)C1. The molecule has 2 atom stereocenters. The van der Waals surface area contributed by atoms with Gasteiger partial charge < -0.3 is 10.2 Å². The normalized spacial score (nSPS) is 22.7. The molecule has 1 amide bonds. The summed E-state index contributed by atoms with van der Waals surface area (Å²) in [6.45, 7) is 1.19. The minimum atomic E-state index is -4.96. The monoisotopic (exact) mass is 598 g/mol. The van der Waals surface area contributed by atoms with E-state index in [1.165, 1.54) is 23.5 Å². The summed E-state index contributed by atoms with van der Waals surface area (Å²) in [6.07, 6.45) is -6.33. The summed E-state index contributed by atoms with van der Waals surface area (Å²) in [7, 11) is 0. The number of thiophene rings is 1. The number of amides is 1. The Bertz CT molecular complexity index is 1310. The highest BCUT2D eigenvalue weighted by atomic mass is 32.1. The molecule has 2 unspecified atom stereocenters. The third-order valence-electron chi connectivity index (χ3n) is 8.40. The van der Waals surface area contributed by atoms with Crippen molar-refractivity contribution in [3.8, 4) is 0 Å². The molecule has 1 aliphatic heterocycles. The Kier molecular flexibility index (Phi) is 8.22. The molecular weight excluding hydrogens is 569 g/mol. The first kappa shape index (κ1) is 29.6. The second-order valence-corrected chi connectivity index (χ2v) is 11.9. The molecule has 2 heterocycles. The zero-order chi connectivity index (χ0) is 29.4. The molecule has 2 aromatic carbocycles. The van der Waals surface area contributed by atoms with Crippen LogP contribution in [0.25, 0.3) is 0 Å². The number of rotatable bonds is 6. The molecule has 3 nitrogen and oxygen atoms in total. The van der Waals surface area contributed by atoms with Crippen LogP contribution in [-0.4, -0.2) is 29.9 Å². The van der Waals surface area contributed by atoms with Crippen LogP contribution in [0.15, 0.2) is 60.0 Å². The maximum Gasteiger partial charge on any atom is 0.416 e. The van der Waals surface area contributed by atoms with Crippen LogP contribution in [0.3, 0.4) is 0 Å². The largest absolute Gasteiger partial charge is 0.416 e. The predicted molar refractivity (Wildman–Crippen MR) is 142 cm³/mol. The summed E-state index contributed by atoms with van der Waals surface area (Å²) in [4.78, 5) is 16.9. The molecule has 220 valence electrons. The highest BCUT2D eigenvalue weighted by Gasteiger charge is 2.49. The Labute approximate surface area is 237 Å². The number of nitrogens with zero attached hydrogens (tertiary/aromatic N) is 1. The van der Waals surface area contributed by atoms with E-state index in [4.69, 9.17) is 0 Å². The second-order valence-electron chi connectivity index (χ2n) is 10.9. The Balaban J connectivity index is 1.29. The van der Waals surface area contributed by atoms with Crippen molar-refractivity contribution in [3.63, 3.8) is 0 Å². The summed E-state index contributed by atoms with van der Waals surface area (Å²) in [6, 6.07) is 11.8. The van der Waals surface area contributed by atoms with Crippen molar-refractivity contribution in [1.82, 2.24) is 10.2 Å². The fourth-order valence-electron chi connectivity index (χ4n) is 6.23. The van der Waals surface area contributed by atoms with Crippen LogP contribution in [0.5, 0.6) is 0 Å². The first-order valence-electron chi connectivity index (χ1n) is 13.5. The van der Waals surface area contributed by atoms with E-state index in [-0.39, 0.29) is 23.5 Å². The van der Waals surface area contributed by atoms with Crippen LogP contribution in [0.1, 0.15) is 65.2 Å². The van der Waals surface area contributed by atoms with Crippen LogP contribution in [-0.2, 0) is 29.1 Å². The maximum absolute atomic E-state index is 13.7. The van der Waals surface area contributed by atoms with Gasteiger partial charge in [-0.2, -0.15) is 26.3 Å². The molecule has 1 aliphatic carbocycles. The fourth-order valence-corrected chi connectivity index (χ4v) is 7.19. The smallest absolute Gasteiger partial charge is 0.351 e. The topological polar surface area (TPSA) is 32.3 Å². The predicted octanol–water partition coefficient (Wildman–Crippen LogP) is 7.91. The molecule has 3 aromatic rings. The van der Waals surface area contributed by atoms with Gasteiger partial charge in [0.2, 0.25) is 5.91 Å². The van der Waals surface area contributed by atoms with E-state index in [9.17, 15) is 35.5 Å². The Morgan fingerprint density at radius 1 is 0.927 bits per heavy atom. The standard InChI is InChI=1S/C30H29F7N2OS/c31-24-5-3-20(4-6-24)21-8-11-39(12-9-21)25-7-10-28(17-25,26-2-1-13-41-26)27(40)38-18-19-14-22(29(32,33)34)16-23(15-19)30(35,36)37/h1-6,13-16,21,25H,7-12,17-18H2,(H,38,40). The Morgan fingerprint density at radius 2 is 1.56 bits per heavy atom. The van der Waals surface area contributed by atoms with Gasteiger partial charge in [-0.1, -0.05) is 18.2 Å². The van der Waals surface area contributed by atoms with Gasteiger partial charge >= 0.3 is 12.4 Å². The number of benzene rings is 2. The fraction of sp³-hybridized carbons (Fsp3) is 0.433. The highest BCUT2D eigenvalue weighted by Crippen LogP contribution is 2.46. The van der Waals surface area contributed by atoms with Gasteiger partial charge in [-0.3, -0.25) is 4.79 Å². The lowest BCUT2D eigenvalue weighted by molar-refractivity contribution is -0.143. The van der Waals surface area contributed by atoms with Crippen molar-refractivity contribution in [1.29, 1.82) is 0 Å². The zero-order valence-electron chi connectivity index (χ0n) is 22.0. The van der Waals surface area contributed by atoms with Crippen molar-refractivity contribution in [2.45, 2.75) is 68.4 Å².